The highest BCUT2D eigenvalue weighted by molar-refractivity contribution is 9.10. The number of halogens is 1. The van der Waals surface area contributed by atoms with Crippen LogP contribution in [0.2, 0.25) is 0 Å². The van der Waals surface area contributed by atoms with Gasteiger partial charge in [-0.25, -0.2) is 0 Å². The summed E-state index contributed by atoms with van der Waals surface area (Å²) in [7, 11) is 0. The van der Waals surface area contributed by atoms with Gasteiger partial charge < -0.3 is 10.2 Å². The van der Waals surface area contributed by atoms with Crippen molar-refractivity contribution in [2.24, 2.45) is 5.41 Å². The van der Waals surface area contributed by atoms with E-state index >= 15 is 0 Å². The van der Waals surface area contributed by atoms with Crippen LogP contribution in [0.15, 0.2) is 22.7 Å². The monoisotopic (exact) mass is 328 g/mol. The summed E-state index contributed by atoms with van der Waals surface area (Å²) in [5.41, 5.74) is -0.902. The van der Waals surface area contributed by atoms with Crippen molar-refractivity contribution in [3.63, 3.8) is 0 Å². The summed E-state index contributed by atoms with van der Waals surface area (Å²) in [6.07, 6.45) is -0.170. The molecule has 1 aromatic rings. The van der Waals surface area contributed by atoms with E-state index in [1.54, 1.807) is 18.2 Å². The van der Waals surface area contributed by atoms with Gasteiger partial charge in [0.15, 0.2) is 11.2 Å². The SMILES string of the molecule is CC(=O)c1ccc(CC(C)(C(=O)O)C(=O)O)c(Br)c1. The minimum atomic E-state index is -1.90. The van der Waals surface area contributed by atoms with Crippen molar-refractivity contribution in [3.05, 3.63) is 33.8 Å². The smallest absolute Gasteiger partial charge is 0.321 e. The second kappa shape index (κ2) is 5.52. The molecule has 0 radical (unpaired) electrons. The minimum absolute atomic E-state index is 0.119. The molecule has 5 nitrogen and oxygen atoms in total. The number of benzene rings is 1. The van der Waals surface area contributed by atoms with Crippen LogP contribution in [0.4, 0.5) is 0 Å². The van der Waals surface area contributed by atoms with Crippen molar-refractivity contribution in [2.45, 2.75) is 20.3 Å². The average Bonchev–Trinajstić information content (AvgIpc) is 2.30. The van der Waals surface area contributed by atoms with Gasteiger partial charge in [-0.05, 0) is 25.5 Å². The zero-order valence-electron chi connectivity index (χ0n) is 10.4. The first-order chi connectivity index (χ1) is 8.68. The predicted octanol–water partition coefficient (Wildman–Crippen LogP) is 2.37. The first kappa shape index (κ1) is 15.4. The quantitative estimate of drug-likeness (QED) is 0.639. The number of carboxylic acid groups (broad SMARTS) is 2. The molecule has 0 atom stereocenters. The lowest BCUT2D eigenvalue weighted by atomic mass is 9.83. The Morgan fingerprint density at radius 1 is 1.21 bits per heavy atom. The topological polar surface area (TPSA) is 91.7 Å². The third-order valence-electron chi connectivity index (χ3n) is 2.95. The van der Waals surface area contributed by atoms with Gasteiger partial charge >= 0.3 is 11.9 Å². The molecule has 2 N–H and O–H groups in total. The molecule has 19 heavy (non-hydrogen) atoms. The van der Waals surface area contributed by atoms with Gasteiger partial charge in [0.05, 0.1) is 0 Å². The Labute approximate surface area is 118 Å². The Balaban J connectivity index is 3.15. The number of hydrogen-bond acceptors (Lipinski definition) is 3. The van der Waals surface area contributed by atoms with Gasteiger partial charge in [-0.1, -0.05) is 28.1 Å². The molecular weight excluding hydrogens is 316 g/mol. The summed E-state index contributed by atoms with van der Waals surface area (Å²) >= 11 is 3.23. The molecule has 102 valence electrons. The van der Waals surface area contributed by atoms with E-state index in [4.69, 9.17) is 10.2 Å². The molecule has 0 saturated heterocycles. The van der Waals surface area contributed by atoms with E-state index in [0.717, 1.165) is 6.92 Å². The molecule has 0 aliphatic carbocycles. The van der Waals surface area contributed by atoms with E-state index in [1.807, 2.05) is 0 Å². The lowest BCUT2D eigenvalue weighted by molar-refractivity contribution is -0.163. The van der Waals surface area contributed by atoms with Crippen LogP contribution in [0.3, 0.4) is 0 Å². The minimum Gasteiger partial charge on any atom is -0.480 e. The number of carbonyl (C=O) groups is 3. The van der Waals surface area contributed by atoms with Gasteiger partial charge in [-0.15, -0.1) is 0 Å². The summed E-state index contributed by atoms with van der Waals surface area (Å²) in [4.78, 5) is 33.4. The molecular formula is C13H13BrO5. The summed E-state index contributed by atoms with van der Waals surface area (Å²) in [5.74, 6) is -2.92. The Morgan fingerprint density at radius 3 is 2.11 bits per heavy atom. The Hall–Kier alpha value is -1.69. The maximum atomic E-state index is 11.2. The summed E-state index contributed by atoms with van der Waals surface area (Å²) in [5, 5.41) is 18.1. The van der Waals surface area contributed by atoms with Crippen LogP contribution in [0.1, 0.15) is 29.8 Å². The van der Waals surface area contributed by atoms with Crippen molar-refractivity contribution in [3.8, 4) is 0 Å². The average molecular weight is 329 g/mol. The number of hydrogen-bond donors (Lipinski definition) is 2. The summed E-state index contributed by atoms with van der Waals surface area (Å²) < 4.78 is 0.522. The number of rotatable bonds is 5. The zero-order chi connectivity index (χ0) is 14.8. The molecule has 1 rings (SSSR count). The molecule has 6 heteroatoms. The standard InChI is InChI=1S/C13H13BrO5/c1-7(15)8-3-4-9(10(14)5-8)6-13(2,11(16)17)12(18)19/h3-5H,6H2,1-2H3,(H,16,17)(H,18,19). The summed E-state index contributed by atoms with van der Waals surface area (Å²) in [6.45, 7) is 2.57. The molecule has 0 spiro atoms. The molecule has 0 saturated carbocycles. The van der Waals surface area contributed by atoms with Gasteiger partial charge in [0.25, 0.3) is 0 Å². The lowest BCUT2D eigenvalue weighted by Gasteiger charge is -2.20. The van der Waals surface area contributed by atoms with Gasteiger partial charge in [-0.2, -0.15) is 0 Å². The molecule has 0 aliphatic rings. The van der Waals surface area contributed by atoms with Gasteiger partial charge in [0, 0.05) is 16.5 Å². The number of Topliss-reactive ketones (excluding diaryl/α,β-unsaturated/α-hetero) is 1. The van der Waals surface area contributed by atoms with E-state index < -0.39 is 17.4 Å². The molecule has 0 fully saturated rings. The van der Waals surface area contributed by atoms with Gasteiger partial charge in [-0.3, -0.25) is 14.4 Å². The fraction of sp³-hybridized carbons (Fsp3) is 0.308. The van der Waals surface area contributed by atoms with Crippen LogP contribution in [-0.2, 0) is 16.0 Å². The highest BCUT2D eigenvalue weighted by Gasteiger charge is 2.42. The third-order valence-corrected chi connectivity index (χ3v) is 3.69. The van der Waals surface area contributed by atoms with Crippen LogP contribution in [0.5, 0.6) is 0 Å². The second-order valence-corrected chi connectivity index (χ2v) is 5.34. The first-order valence-corrected chi connectivity index (χ1v) is 6.24. The molecule has 0 unspecified atom stereocenters. The fourth-order valence-electron chi connectivity index (χ4n) is 1.53. The van der Waals surface area contributed by atoms with E-state index in [2.05, 4.69) is 15.9 Å². The largest absolute Gasteiger partial charge is 0.480 e. The highest BCUT2D eigenvalue weighted by atomic mass is 79.9. The van der Waals surface area contributed by atoms with Crippen molar-refractivity contribution in [1.82, 2.24) is 0 Å². The Kier molecular flexibility index (Phi) is 4.47. The van der Waals surface area contributed by atoms with Crippen molar-refractivity contribution < 1.29 is 24.6 Å². The highest BCUT2D eigenvalue weighted by Crippen LogP contribution is 2.28. The van der Waals surface area contributed by atoms with E-state index in [9.17, 15) is 14.4 Å². The van der Waals surface area contributed by atoms with Crippen LogP contribution in [0, 0.1) is 5.41 Å². The van der Waals surface area contributed by atoms with Crippen molar-refractivity contribution in [1.29, 1.82) is 0 Å². The van der Waals surface area contributed by atoms with Crippen molar-refractivity contribution >= 4 is 33.7 Å². The molecule has 0 heterocycles. The number of carboxylic acids is 2. The van der Waals surface area contributed by atoms with Crippen molar-refractivity contribution in [2.75, 3.05) is 0 Å². The number of ketones is 1. The Bertz CT molecular complexity index is 536. The van der Waals surface area contributed by atoms with E-state index in [-0.39, 0.29) is 12.2 Å². The second-order valence-electron chi connectivity index (χ2n) is 4.48. The van der Waals surface area contributed by atoms with Crippen LogP contribution >= 0.6 is 15.9 Å². The molecule has 0 aliphatic heterocycles. The lowest BCUT2D eigenvalue weighted by Crippen LogP contribution is -2.38. The first-order valence-electron chi connectivity index (χ1n) is 5.44. The summed E-state index contributed by atoms with van der Waals surface area (Å²) in [6, 6.07) is 4.67. The Morgan fingerprint density at radius 2 is 1.74 bits per heavy atom. The zero-order valence-corrected chi connectivity index (χ0v) is 12.0. The van der Waals surface area contributed by atoms with Gasteiger partial charge in [0.2, 0.25) is 0 Å². The van der Waals surface area contributed by atoms with E-state index in [1.165, 1.54) is 6.92 Å². The molecule has 0 amide bonds. The number of carbonyl (C=O) groups excluding carboxylic acids is 1. The fourth-order valence-corrected chi connectivity index (χ4v) is 2.05. The van der Waals surface area contributed by atoms with Crippen LogP contribution in [0.25, 0.3) is 0 Å². The maximum absolute atomic E-state index is 11.2. The van der Waals surface area contributed by atoms with Gasteiger partial charge in [0.1, 0.15) is 0 Å². The maximum Gasteiger partial charge on any atom is 0.321 e. The number of aliphatic carboxylic acids is 2. The van der Waals surface area contributed by atoms with Crippen LogP contribution in [-0.4, -0.2) is 27.9 Å². The molecule has 1 aromatic carbocycles. The third kappa shape index (κ3) is 3.20. The van der Waals surface area contributed by atoms with E-state index in [0.29, 0.717) is 15.6 Å². The van der Waals surface area contributed by atoms with Crippen LogP contribution < -0.4 is 0 Å². The molecule has 0 bridgehead atoms. The molecule has 0 aromatic heterocycles. The normalized spacial score (nSPS) is 11.1. The predicted molar refractivity (Wildman–Crippen MR) is 71.2 cm³/mol.